The summed E-state index contributed by atoms with van der Waals surface area (Å²) in [5, 5.41) is 2.97. The van der Waals surface area contributed by atoms with Crippen molar-refractivity contribution in [3.05, 3.63) is 102 Å². The molecule has 0 bridgehead atoms. The van der Waals surface area contributed by atoms with Gasteiger partial charge < -0.3 is 24.3 Å². The van der Waals surface area contributed by atoms with Crippen LogP contribution in [0.15, 0.2) is 95.0 Å². The van der Waals surface area contributed by atoms with E-state index in [0.717, 1.165) is 22.9 Å². The van der Waals surface area contributed by atoms with Crippen LogP contribution in [0.5, 0.6) is 12.0 Å². The van der Waals surface area contributed by atoms with Gasteiger partial charge in [0.05, 0.1) is 19.8 Å². The third-order valence-electron chi connectivity index (χ3n) is 5.97. The van der Waals surface area contributed by atoms with Gasteiger partial charge in [-0.2, -0.15) is 9.97 Å². The number of carbonyl (C=O) groups is 3. The number of aromatic nitrogens is 3. The highest BCUT2D eigenvalue weighted by molar-refractivity contribution is 7.99. The molecule has 0 aliphatic rings. The minimum absolute atomic E-state index is 0.0139. The first-order valence-electron chi connectivity index (χ1n) is 13.3. The molecule has 0 unspecified atom stereocenters. The first-order chi connectivity index (χ1) is 20.9. The molecule has 0 fully saturated rings. The van der Waals surface area contributed by atoms with Gasteiger partial charge in [0.1, 0.15) is 19.3 Å². The molecule has 0 aliphatic carbocycles. The second kappa shape index (κ2) is 15.9. The van der Waals surface area contributed by atoms with Gasteiger partial charge in [-0.05, 0) is 41.4 Å². The van der Waals surface area contributed by atoms with Crippen LogP contribution in [0.25, 0.3) is 0 Å². The van der Waals surface area contributed by atoms with Crippen LogP contribution >= 0.6 is 11.8 Å². The standard InChI is InChI=1S/C31H30N4O7S/c1-39-29-33-30(40-2)35-31(34-29)43-25-16-10-9-15-23(25)27(37)32-24(28(38)42-20-22-13-7-4-8-14-22)17-18-26(36)41-19-21-11-5-3-6-12-21/h3-16,24H,17-20H2,1-2H3,(H,32,37)/t24-/m1/s1. The number of benzene rings is 3. The highest BCUT2D eigenvalue weighted by Gasteiger charge is 2.26. The molecule has 1 heterocycles. The molecule has 1 amide bonds. The molecular weight excluding hydrogens is 572 g/mol. The topological polar surface area (TPSA) is 139 Å². The summed E-state index contributed by atoms with van der Waals surface area (Å²) in [7, 11) is 2.83. The Morgan fingerprint density at radius 1 is 0.744 bits per heavy atom. The summed E-state index contributed by atoms with van der Waals surface area (Å²) in [6, 6.07) is 24.2. The Morgan fingerprint density at radius 2 is 1.30 bits per heavy atom. The van der Waals surface area contributed by atoms with Gasteiger partial charge in [0.25, 0.3) is 5.91 Å². The molecule has 4 aromatic rings. The summed E-state index contributed by atoms with van der Waals surface area (Å²) in [5.41, 5.74) is 1.89. The van der Waals surface area contributed by atoms with Crippen molar-refractivity contribution < 1.29 is 33.3 Å². The van der Waals surface area contributed by atoms with Crippen molar-refractivity contribution in [3.63, 3.8) is 0 Å². The van der Waals surface area contributed by atoms with Crippen molar-refractivity contribution in [2.75, 3.05) is 14.2 Å². The molecule has 1 N–H and O–H groups in total. The number of nitrogens with one attached hydrogen (secondary N) is 1. The number of amides is 1. The van der Waals surface area contributed by atoms with E-state index in [0.29, 0.717) is 4.90 Å². The first-order valence-corrected chi connectivity index (χ1v) is 14.1. The predicted octanol–water partition coefficient (Wildman–Crippen LogP) is 4.41. The highest BCUT2D eigenvalue weighted by atomic mass is 32.2. The summed E-state index contributed by atoms with van der Waals surface area (Å²) < 4.78 is 21.1. The first kappa shape index (κ1) is 31.0. The quantitative estimate of drug-likeness (QED) is 0.205. The Hall–Kier alpha value is -4.97. The van der Waals surface area contributed by atoms with Crippen LogP contribution in [-0.2, 0) is 32.3 Å². The van der Waals surface area contributed by atoms with Gasteiger partial charge in [0.2, 0.25) is 5.16 Å². The lowest BCUT2D eigenvalue weighted by Crippen LogP contribution is -2.42. The molecule has 0 saturated carbocycles. The third-order valence-corrected chi connectivity index (χ3v) is 6.91. The van der Waals surface area contributed by atoms with Gasteiger partial charge in [-0.1, -0.05) is 72.8 Å². The monoisotopic (exact) mass is 602 g/mol. The Morgan fingerprint density at radius 3 is 1.91 bits per heavy atom. The number of ether oxygens (including phenoxy) is 4. The molecular formula is C31H30N4O7S. The van der Waals surface area contributed by atoms with E-state index < -0.39 is 23.9 Å². The zero-order valence-corrected chi connectivity index (χ0v) is 24.4. The van der Waals surface area contributed by atoms with Gasteiger partial charge in [-0.15, -0.1) is 4.98 Å². The summed E-state index contributed by atoms with van der Waals surface area (Å²) in [4.78, 5) is 52.1. The molecule has 0 aliphatic heterocycles. The zero-order valence-electron chi connectivity index (χ0n) is 23.6. The highest BCUT2D eigenvalue weighted by Crippen LogP contribution is 2.30. The van der Waals surface area contributed by atoms with Crippen LogP contribution in [0.3, 0.4) is 0 Å². The number of hydrogen-bond donors (Lipinski definition) is 1. The molecule has 1 aromatic heterocycles. The Labute approximate surface area is 253 Å². The molecule has 4 rings (SSSR count). The molecule has 12 heteroatoms. The Kier molecular flexibility index (Phi) is 11.4. The second-order valence-corrected chi connectivity index (χ2v) is 10.0. The lowest BCUT2D eigenvalue weighted by molar-refractivity contribution is -0.148. The molecule has 11 nitrogen and oxygen atoms in total. The summed E-state index contributed by atoms with van der Waals surface area (Å²) in [6.07, 6.45) is -0.136. The fourth-order valence-corrected chi connectivity index (χ4v) is 4.64. The minimum atomic E-state index is -1.11. The maximum Gasteiger partial charge on any atom is 0.328 e. The molecule has 3 aromatic carbocycles. The van der Waals surface area contributed by atoms with Gasteiger partial charge in [0, 0.05) is 11.3 Å². The molecule has 43 heavy (non-hydrogen) atoms. The lowest BCUT2D eigenvalue weighted by atomic mass is 10.1. The van der Waals surface area contributed by atoms with Gasteiger partial charge in [-0.3, -0.25) is 9.59 Å². The lowest BCUT2D eigenvalue weighted by Gasteiger charge is -2.18. The van der Waals surface area contributed by atoms with Crippen molar-refractivity contribution >= 4 is 29.6 Å². The van der Waals surface area contributed by atoms with Crippen LogP contribution in [0.4, 0.5) is 0 Å². The molecule has 0 radical (unpaired) electrons. The fraction of sp³-hybridized carbons (Fsp3) is 0.226. The van der Waals surface area contributed by atoms with Crippen LogP contribution in [0, 0.1) is 0 Å². The van der Waals surface area contributed by atoms with Crippen molar-refractivity contribution in [1.29, 1.82) is 0 Å². The SMILES string of the molecule is COc1nc(OC)nc(Sc2ccccc2C(=O)N[C@H](CCC(=O)OCc2ccccc2)C(=O)OCc2ccccc2)n1. The maximum absolute atomic E-state index is 13.5. The van der Waals surface area contributed by atoms with Crippen molar-refractivity contribution in [2.45, 2.75) is 42.1 Å². The third kappa shape index (κ3) is 9.54. The van der Waals surface area contributed by atoms with Crippen molar-refractivity contribution in [1.82, 2.24) is 20.3 Å². The van der Waals surface area contributed by atoms with E-state index in [1.807, 2.05) is 60.7 Å². The normalized spacial score (nSPS) is 11.2. The second-order valence-electron chi connectivity index (χ2n) is 8.99. The number of nitrogens with zero attached hydrogens (tertiary/aromatic N) is 3. The smallest absolute Gasteiger partial charge is 0.328 e. The van der Waals surface area contributed by atoms with Gasteiger partial charge in [-0.25, -0.2) is 4.79 Å². The predicted molar refractivity (Wildman–Crippen MR) is 156 cm³/mol. The Balaban J connectivity index is 1.47. The van der Waals surface area contributed by atoms with E-state index in [1.54, 1.807) is 24.3 Å². The number of esters is 2. The van der Waals surface area contributed by atoms with E-state index in [-0.39, 0.29) is 48.8 Å². The maximum atomic E-state index is 13.5. The van der Waals surface area contributed by atoms with Crippen LogP contribution in [0.2, 0.25) is 0 Å². The summed E-state index contributed by atoms with van der Waals surface area (Å²) in [5.74, 6) is -1.73. The van der Waals surface area contributed by atoms with E-state index in [1.165, 1.54) is 14.2 Å². The zero-order chi connectivity index (χ0) is 30.4. The van der Waals surface area contributed by atoms with Crippen molar-refractivity contribution in [3.8, 4) is 12.0 Å². The van der Waals surface area contributed by atoms with Crippen LogP contribution in [-0.4, -0.2) is 53.1 Å². The van der Waals surface area contributed by atoms with E-state index in [2.05, 4.69) is 20.3 Å². The summed E-state index contributed by atoms with van der Waals surface area (Å²) >= 11 is 1.09. The Bertz CT molecular complexity index is 1500. The molecule has 0 saturated heterocycles. The molecule has 222 valence electrons. The number of rotatable bonds is 14. The van der Waals surface area contributed by atoms with E-state index in [4.69, 9.17) is 18.9 Å². The summed E-state index contributed by atoms with van der Waals surface area (Å²) in [6.45, 7) is 0.117. The minimum Gasteiger partial charge on any atom is -0.467 e. The largest absolute Gasteiger partial charge is 0.467 e. The average Bonchev–Trinajstić information content (AvgIpc) is 3.05. The average molecular weight is 603 g/mol. The van der Waals surface area contributed by atoms with E-state index in [9.17, 15) is 14.4 Å². The number of hydrogen-bond acceptors (Lipinski definition) is 11. The molecule has 0 spiro atoms. The number of methoxy groups -OCH3 is 2. The van der Waals surface area contributed by atoms with Crippen LogP contribution < -0.4 is 14.8 Å². The van der Waals surface area contributed by atoms with Gasteiger partial charge in [0.15, 0.2) is 0 Å². The number of carbonyl (C=O) groups excluding carboxylic acids is 3. The van der Waals surface area contributed by atoms with Crippen molar-refractivity contribution in [2.24, 2.45) is 0 Å². The fourth-order valence-electron chi connectivity index (χ4n) is 3.78. The molecule has 1 atom stereocenters. The van der Waals surface area contributed by atoms with E-state index >= 15 is 0 Å². The van der Waals surface area contributed by atoms with Crippen LogP contribution in [0.1, 0.15) is 34.3 Å². The van der Waals surface area contributed by atoms with Gasteiger partial charge >= 0.3 is 24.0 Å².